The summed E-state index contributed by atoms with van der Waals surface area (Å²) in [6.07, 6.45) is 12.7. The van der Waals surface area contributed by atoms with E-state index >= 15 is 0 Å². The molecular formula is C19H24N2. The monoisotopic (exact) mass is 280 g/mol. The van der Waals surface area contributed by atoms with Crippen molar-refractivity contribution in [3.05, 3.63) is 47.5 Å². The maximum Gasteiger partial charge on any atom is 0.101 e. The van der Waals surface area contributed by atoms with E-state index in [-0.39, 0.29) is 0 Å². The van der Waals surface area contributed by atoms with Gasteiger partial charge in [-0.25, -0.2) is 0 Å². The first-order chi connectivity index (χ1) is 10.3. The first kappa shape index (κ1) is 17.0. The fourth-order valence-electron chi connectivity index (χ4n) is 2.52. The number of unbranched alkanes of at least 4 members (excludes halogenated alkanes) is 7. The van der Waals surface area contributed by atoms with Crippen molar-refractivity contribution < 1.29 is 0 Å². The van der Waals surface area contributed by atoms with Gasteiger partial charge in [0.25, 0.3) is 0 Å². The minimum Gasteiger partial charge on any atom is -0.192 e. The summed E-state index contributed by atoms with van der Waals surface area (Å²) in [5, 5.41) is 18.2. The highest BCUT2D eigenvalue weighted by Gasteiger charge is 2.06. The molecular weight excluding hydrogens is 256 g/mol. The Morgan fingerprint density at radius 1 is 0.905 bits per heavy atom. The molecule has 0 amide bonds. The Balaban J connectivity index is 2.23. The van der Waals surface area contributed by atoms with Gasteiger partial charge >= 0.3 is 0 Å². The molecule has 0 heterocycles. The van der Waals surface area contributed by atoms with Crippen LogP contribution in [0.3, 0.4) is 0 Å². The van der Waals surface area contributed by atoms with Crippen molar-refractivity contribution in [1.82, 2.24) is 0 Å². The van der Waals surface area contributed by atoms with Crippen molar-refractivity contribution in [3.63, 3.8) is 0 Å². The summed E-state index contributed by atoms with van der Waals surface area (Å²) in [7, 11) is 0. The lowest BCUT2D eigenvalue weighted by molar-refractivity contribution is 0.581. The Morgan fingerprint density at radius 2 is 1.57 bits per heavy atom. The van der Waals surface area contributed by atoms with Gasteiger partial charge in [0.2, 0.25) is 0 Å². The zero-order chi connectivity index (χ0) is 15.3. The van der Waals surface area contributed by atoms with E-state index in [0.717, 1.165) is 24.8 Å². The third-order valence-corrected chi connectivity index (χ3v) is 3.74. The minimum atomic E-state index is 0.497. The molecule has 0 unspecified atom stereocenters. The Labute approximate surface area is 128 Å². The predicted octanol–water partition coefficient (Wildman–Crippen LogP) is 5.28. The van der Waals surface area contributed by atoms with Crippen molar-refractivity contribution in [2.75, 3.05) is 0 Å². The summed E-state index contributed by atoms with van der Waals surface area (Å²) in [5.74, 6) is 0. The molecule has 2 nitrogen and oxygen atoms in total. The van der Waals surface area contributed by atoms with Crippen molar-refractivity contribution in [1.29, 1.82) is 10.5 Å². The molecule has 0 aliphatic carbocycles. The number of allylic oxidation sites excluding steroid dienone is 1. The Morgan fingerprint density at radius 3 is 2.19 bits per heavy atom. The van der Waals surface area contributed by atoms with Crippen LogP contribution in [0.5, 0.6) is 0 Å². The molecule has 110 valence electrons. The predicted molar refractivity (Wildman–Crippen MR) is 86.7 cm³/mol. The van der Waals surface area contributed by atoms with Gasteiger partial charge in [0.1, 0.15) is 12.1 Å². The van der Waals surface area contributed by atoms with Crippen LogP contribution in [0.1, 0.15) is 68.1 Å². The van der Waals surface area contributed by atoms with E-state index in [0.29, 0.717) is 11.1 Å². The molecule has 0 spiro atoms. The zero-order valence-corrected chi connectivity index (χ0v) is 12.8. The SMILES string of the molecule is C=CCCCCCCCCCc1cccc(C#N)c1C#N. The summed E-state index contributed by atoms with van der Waals surface area (Å²) < 4.78 is 0. The van der Waals surface area contributed by atoms with Gasteiger partial charge in [-0.2, -0.15) is 10.5 Å². The largest absolute Gasteiger partial charge is 0.192 e. The van der Waals surface area contributed by atoms with Crippen molar-refractivity contribution in [3.8, 4) is 12.1 Å². The summed E-state index contributed by atoms with van der Waals surface area (Å²) in [4.78, 5) is 0. The third-order valence-electron chi connectivity index (χ3n) is 3.74. The highest BCUT2D eigenvalue weighted by molar-refractivity contribution is 5.50. The van der Waals surface area contributed by atoms with Gasteiger partial charge in [0.05, 0.1) is 11.1 Å². The molecule has 0 radical (unpaired) electrons. The van der Waals surface area contributed by atoms with E-state index in [1.54, 1.807) is 6.07 Å². The number of nitrogens with zero attached hydrogens (tertiary/aromatic N) is 2. The fraction of sp³-hybridized carbons (Fsp3) is 0.474. The van der Waals surface area contributed by atoms with Crippen LogP contribution in [0.4, 0.5) is 0 Å². The van der Waals surface area contributed by atoms with Gasteiger partial charge in [-0.3, -0.25) is 0 Å². The lowest BCUT2D eigenvalue weighted by atomic mass is 9.97. The first-order valence-corrected chi connectivity index (χ1v) is 7.86. The van der Waals surface area contributed by atoms with Crippen LogP contribution in [-0.2, 0) is 6.42 Å². The molecule has 1 aromatic carbocycles. The topological polar surface area (TPSA) is 47.6 Å². The minimum absolute atomic E-state index is 0.497. The molecule has 1 aromatic rings. The Bertz CT molecular complexity index is 517. The van der Waals surface area contributed by atoms with Gasteiger partial charge in [0, 0.05) is 0 Å². The molecule has 0 atom stereocenters. The van der Waals surface area contributed by atoms with E-state index in [9.17, 15) is 0 Å². The van der Waals surface area contributed by atoms with Crippen LogP contribution >= 0.6 is 0 Å². The molecule has 2 heteroatoms. The number of nitriles is 2. The fourth-order valence-corrected chi connectivity index (χ4v) is 2.52. The molecule has 0 N–H and O–H groups in total. The number of rotatable bonds is 10. The van der Waals surface area contributed by atoms with Crippen LogP contribution in [0.2, 0.25) is 0 Å². The molecule has 0 bridgehead atoms. The van der Waals surface area contributed by atoms with Crippen LogP contribution in [0.15, 0.2) is 30.9 Å². The summed E-state index contributed by atoms with van der Waals surface area (Å²) in [6, 6.07) is 9.81. The molecule has 0 fully saturated rings. The molecule has 1 rings (SSSR count). The first-order valence-electron chi connectivity index (χ1n) is 7.86. The molecule has 0 saturated carbocycles. The maximum atomic E-state index is 9.17. The lowest BCUT2D eigenvalue weighted by Crippen LogP contribution is -1.94. The van der Waals surface area contributed by atoms with E-state index in [4.69, 9.17) is 10.5 Å². The van der Waals surface area contributed by atoms with E-state index in [1.807, 2.05) is 18.2 Å². The van der Waals surface area contributed by atoms with Crippen LogP contribution in [0.25, 0.3) is 0 Å². The second-order valence-electron chi connectivity index (χ2n) is 5.37. The number of hydrogen-bond donors (Lipinski definition) is 0. The smallest absolute Gasteiger partial charge is 0.101 e. The Hall–Kier alpha value is -2.06. The van der Waals surface area contributed by atoms with Crippen molar-refractivity contribution in [2.45, 2.75) is 57.8 Å². The average molecular weight is 280 g/mol. The third kappa shape index (κ3) is 6.28. The molecule has 21 heavy (non-hydrogen) atoms. The van der Waals surface area contributed by atoms with Crippen molar-refractivity contribution >= 4 is 0 Å². The number of aryl methyl sites for hydroxylation is 1. The van der Waals surface area contributed by atoms with Gasteiger partial charge in [0.15, 0.2) is 0 Å². The van der Waals surface area contributed by atoms with Gasteiger partial charge in [-0.1, -0.05) is 50.3 Å². The van der Waals surface area contributed by atoms with Gasteiger partial charge in [-0.05, 0) is 37.3 Å². The van der Waals surface area contributed by atoms with Gasteiger partial charge < -0.3 is 0 Å². The summed E-state index contributed by atoms with van der Waals surface area (Å²) in [5.41, 5.74) is 2.07. The molecule has 0 aromatic heterocycles. The second kappa shape index (κ2) is 10.7. The van der Waals surface area contributed by atoms with Crippen LogP contribution < -0.4 is 0 Å². The maximum absolute atomic E-state index is 9.17. The van der Waals surface area contributed by atoms with Crippen molar-refractivity contribution in [2.24, 2.45) is 0 Å². The standard InChI is InChI=1S/C19H24N2/c1-2-3-4-5-6-7-8-9-10-12-17-13-11-14-18(15-20)19(17)16-21/h2,11,13-14H,1,3-10,12H2. The average Bonchev–Trinajstić information content (AvgIpc) is 2.52. The number of benzene rings is 1. The Kier molecular flexibility index (Phi) is 8.65. The summed E-state index contributed by atoms with van der Waals surface area (Å²) >= 11 is 0. The quantitative estimate of drug-likeness (QED) is 0.432. The van der Waals surface area contributed by atoms with E-state index in [1.165, 1.54) is 38.5 Å². The van der Waals surface area contributed by atoms with Crippen LogP contribution in [0, 0.1) is 22.7 Å². The number of hydrogen-bond acceptors (Lipinski definition) is 2. The molecule has 0 aliphatic heterocycles. The molecule has 0 saturated heterocycles. The van der Waals surface area contributed by atoms with E-state index in [2.05, 4.69) is 18.7 Å². The summed E-state index contributed by atoms with van der Waals surface area (Å²) in [6.45, 7) is 3.73. The zero-order valence-electron chi connectivity index (χ0n) is 12.8. The molecule has 0 aliphatic rings. The van der Waals surface area contributed by atoms with E-state index < -0.39 is 0 Å². The highest BCUT2D eigenvalue weighted by atomic mass is 14.3. The second-order valence-corrected chi connectivity index (χ2v) is 5.37. The highest BCUT2D eigenvalue weighted by Crippen LogP contribution is 2.17. The lowest BCUT2D eigenvalue weighted by Gasteiger charge is -2.05. The normalized spacial score (nSPS) is 9.81. The van der Waals surface area contributed by atoms with Gasteiger partial charge in [-0.15, -0.1) is 6.58 Å². The van der Waals surface area contributed by atoms with Crippen LogP contribution in [-0.4, -0.2) is 0 Å².